The highest BCUT2D eigenvalue weighted by Gasteiger charge is 2.38. The number of rotatable bonds is 3. The lowest BCUT2D eigenvalue weighted by atomic mass is 9.94. The molecule has 0 aromatic carbocycles. The SMILES string of the molecule is OC1CCCC1C1CCCN1Cc1ccccn1. The van der Waals surface area contributed by atoms with Crippen LogP contribution in [0.25, 0.3) is 0 Å². The molecule has 2 heterocycles. The number of hydrogen-bond donors (Lipinski definition) is 1. The Hall–Kier alpha value is -0.930. The van der Waals surface area contributed by atoms with Gasteiger partial charge in [-0.3, -0.25) is 9.88 Å². The third kappa shape index (κ3) is 2.43. The van der Waals surface area contributed by atoms with Gasteiger partial charge in [-0.15, -0.1) is 0 Å². The van der Waals surface area contributed by atoms with Gasteiger partial charge in [-0.2, -0.15) is 0 Å². The van der Waals surface area contributed by atoms with Crippen molar-refractivity contribution in [1.29, 1.82) is 0 Å². The minimum Gasteiger partial charge on any atom is -0.393 e. The number of aliphatic hydroxyl groups excluding tert-OH is 1. The second-order valence-corrected chi connectivity index (χ2v) is 5.66. The zero-order valence-corrected chi connectivity index (χ0v) is 10.8. The first-order chi connectivity index (χ1) is 8.84. The first kappa shape index (κ1) is 12.1. The molecule has 1 saturated carbocycles. The summed E-state index contributed by atoms with van der Waals surface area (Å²) in [5.41, 5.74) is 1.15. The van der Waals surface area contributed by atoms with Crippen LogP contribution in [-0.2, 0) is 6.54 Å². The minimum atomic E-state index is -0.0701. The summed E-state index contributed by atoms with van der Waals surface area (Å²) in [6, 6.07) is 6.69. The van der Waals surface area contributed by atoms with E-state index in [1.165, 1.54) is 25.7 Å². The third-order valence-electron chi connectivity index (χ3n) is 4.53. The molecule has 98 valence electrons. The number of nitrogens with zero attached hydrogens (tertiary/aromatic N) is 2. The molecule has 1 aromatic rings. The molecule has 3 rings (SSSR count). The zero-order valence-electron chi connectivity index (χ0n) is 10.8. The van der Waals surface area contributed by atoms with E-state index in [9.17, 15) is 5.11 Å². The summed E-state index contributed by atoms with van der Waals surface area (Å²) in [7, 11) is 0. The zero-order chi connectivity index (χ0) is 12.4. The lowest BCUT2D eigenvalue weighted by Gasteiger charge is -2.30. The van der Waals surface area contributed by atoms with Gasteiger partial charge in [0.25, 0.3) is 0 Å². The summed E-state index contributed by atoms with van der Waals surface area (Å²) in [6.07, 6.45) is 7.70. The van der Waals surface area contributed by atoms with E-state index in [0.29, 0.717) is 12.0 Å². The van der Waals surface area contributed by atoms with Gasteiger partial charge in [-0.05, 0) is 44.4 Å². The van der Waals surface area contributed by atoms with Gasteiger partial charge >= 0.3 is 0 Å². The Balaban J connectivity index is 1.68. The standard InChI is InChI=1S/C15H22N2O/c18-15-8-3-6-13(15)14-7-4-10-17(14)11-12-5-1-2-9-16-12/h1-2,5,9,13-15,18H,3-4,6-8,10-11H2. The number of aliphatic hydroxyl groups is 1. The second kappa shape index (κ2) is 5.37. The fourth-order valence-corrected chi connectivity index (χ4v) is 3.65. The summed E-state index contributed by atoms with van der Waals surface area (Å²) in [4.78, 5) is 6.95. The van der Waals surface area contributed by atoms with Crippen molar-refractivity contribution in [2.24, 2.45) is 5.92 Å². The molecular formula is C15H22N2O. The molecule has 3 atom stereocenters. The Bertz CT molecular complexity index is 381. The van der Waals surface area contributed by atoms with E-state index in [1.807, 2.05) is 12.3 Å². The van der Waals surface area contributed by atoms with Crippen LogP contribution >= 0.6 is 0 Å². The van der Waals surface area contributed by atoms with E-state index in [4.69, 9.17) is 0 Å². The molecule has 2 aliphatic rings. The van der Waals surface area contributed by atoms with Crippen molar-refractivity contribution in [3.63, 3.8) is 0 Å². The van der Waals surface area contributed by atoms with Crippen LogP contribution in [-0.4, -0.2) is 33.7 Å². The second-order valence-electron chi connectivity index (χ2n) is 5.66. The fourth-order valence-electron chi connectivity index (χ4n) is 3.65. The molecule has 0 radical (unpaired) electrons. The van der Waals surface area contributed by atoms with Crippen molar-refractivity contribution in [1.82, 2.24) is 9.88 Å². The monoisotopic (exact) mass is 246 g/mol. The average molecular weight is 246 g/mol. The molecule has 1 aliphatic carbocycles. The summed E-state index contributed by atoms with van der Waals surface area (Å²) in [6.45, 7) is 2.10. The van der Waals surface area contributed by atoms with Crippen molar-refractivity contribution in [3.8, 4) is 0 Å². The van der Waals surface area contributed by atoms with E-state index in [0.717, 1.165) is 25.2 Å². The Morgan fingerprint density at radius 1 is 1.22 bits per heavy atom. The fraction of sp³-hybridized carbons (Fsp3) is 0.667. The van der Waals surface area contributed by atoms with E-state index < -0.39 is 0 Å². The van der Waals surface area contributed by atoms with Crippen LogP contribution in [0.15, 0.2) is 24.4 Å². The number of hydrogen-bond acceptors (Lipinski definition) is 3. The van der Waals surface area contributed by atoms with E-state index in [-0.39, 0.29) is 6.10 Å². The Morgan fingerprint density at radius 3 is 2.89 bits per heavy atom. The molecule has 2 fully saturated rings. The van der Waals surface area contributed by atoms with Gasteiger partial charge in [-0.25, -0.2) is 0 Å². The van der Waals surface area contributed by atoms with E-state index in [1.54, 1.807) is 0 Å². The maximum absolute atomic E-state index is 10.1. The van der Waals surface area contributed by atoms with Crippen LogP contribution in [0.4, 0.5) is 0 Å². The van der Waals surface area contributed by atoms with Crippen LogP contribution in [0.3, 0.4) is 0 Å². The Morgan fingerprint density at radius 2 is 2.17 bits per heavy atom. The van der Waals surface area contributed by atoms with Crippen molar-refractivity contribution in [2.45, 2.75) is 50.8 Å². The molecule has 3 unspecified atom stereocenters. The first-order valence-electron chi connectivity index (χ1n) is 7.16. The van der Waals surface area contributed by atoms with Gasteiger partial charge in [-0.1, -0.05) is 12.5 Å². The maximum atomic E-state index is 10.1. The molecule has 3 nitrogen and oxygen atoms in total. The van der Waals surface area contributed by atoms with Gasteiger partial charge in [0.1, 0.15) is 0 Å². The van der Waals surface area contributed by atoms with Crippen LogP contribution in [0.5, 0.6) is 0 Å². The number of pyridine rings is 1. The predicted octanol–water partition coefficient (Wildman–Crippen LogP) is 2.21. The lowest BCUT2D eigenvalue weighted by molar-refractivity contribution is 0.0714. The highest BCUT2D eigenvalue weighted by molar-refractivity contribution is 5.04. The van der Waals surface area contributed by atoms with Gasteiger partial charge < -0.3 is 5.11 Å². The Labute approximate surface area is 109 Å². The molecule has 1 aliphatic heterocycles. The predicted molar refractivity (Wildman–Crippen MR) is 71.0 cm³/mol. The van der Waals surface area contributed by atoms with E-state index in [2.05, 4.69) is 22.0 Å². The van der Waals surface area contributed by atoms with Gasteiger partial charge in [0.2, 0.25) is 0 Å². The third-order valence-corrected chi connectivity index (χ3v) is 4.53. The first-order valence-corrected chi connectivity index (χ1v) is 7.16. The highest BCUT2D eigenvalue weighted by Crippen LogP contribution is 2.36. The molecule has 0 bridgehead atoms. The molecule has 3 heteroatoms. The van der Waals surface area contributed by atoms with Gasteiger partial charge in [0.15, 0.2) is 0 Å². The average Bonchev–Trinajstić information content (AvgIpc) is 2.99. The summed E-state index contributed by atoms with van der Waals surface area (Å²) < 4.78 is 0. The van der Waals surface area contributed by atoms with Crippen molar-refractivity contribution in [2.75, 3.05) is 6.54 Å². The van der Waals surface area contributed by atoms with Crippen LogP contribution in [0.2, 0.25) is 0 Å². The van der Waals surface area contributed by atoms with Crippen LogP contribution in [0, 0.1) is 5.92 Å². The van der Waals surface area contributed by atoms with Crippen molar-refractivity contribution >= 4 is 0 Å². The molecular weight excluding hydrogens is 224 g/mol. The van der Waals surface area contributed by atoms with Crippen LogP contribution in [0.1, 0.15) is 37.8 Å². The van der Waals surface area contributed by atoms with E-state index >= 15 is 0 Å². The summed E-state index contributed by atoms with van der Waals surface area (Å²) in [5.74, 6) is 0.496. The van der Waals surface area contributed by atoms with Gasteiger partial charge in [0.05, 0.1) is 11.8 Å². The lowest BCUT2D eigenvalue weighted by Crippen LogP contribution is -2.38. The Kier molecular flexibility index (Phi) is 3.62. The number of aromatic nitrogens is 1. The summed E-state index contributed by atoms with van der Waals surface area (Å²) in [5, 5.41) is 10.1. The smallest absolute Gasteiger partial charge is 0.0583 e. The highest BCUT2D eigenvalue weighted by atomic mass is 16.3. The molecule has 1 N–H and O–H groups in total. The summed E-state index contributed by atoms with van der Waals surface area (Å²) >= 11 is 0. The normalized spacial score (nSPS) is 33.1. The van der Waals surface area contributed by atoms with Crippen molar-refractivity contribution in [3.05, 3.63) is 30.1 Å². The quantitative estimate of drug-likeness (QED) is 0.888. The van der Waals surface area contributed by atoms with Gasteiger partial charge in [0, 0.05) is 24.7 Å². The molecule has 18 heavy (non-hydrogen) atoms. The molecule has 1 saturated heterocycles. The largest absolute Gasteiger partial charge is 0.393 e. The molecule has 1 aromatic heterocycles. The minimum absolute atomic E-state index is 0.0701. The number of likely N-dealkylation sites (tertiary alicyclic amines) is 1. The van der Waals surface area contributed by atoms with Crippen LogP contribution < -0.4 is 0 Å². The topological polar surface area (TPSA) is 36.4 Å². The van der Waals surface area contributed by atoms with Crippen molar-refractivity contribution < 1.29 is 5.11 Å². The maximum Gasteiger partial charge on any atom is 0.0583 e. The molecule has 0 amide bonds. The molecule has 0 spiro atoms.